The van der Waals surface area contributed by atoms with Crippen LogP contribution < -0.4 is 15.2 Å². The molecule has 112 valence electrons. The molecule has 0 aliphatic carbocycles. The highest BCUT2D eigenvalue weighted by atomic mass is 35.5. The summed E-state index contributed by atoms with van der Waals surface area (Å²) < 4.78 is 44.8. The van der Waals surface area contributed by atoms with E-state index in [0.717, 1.165) is 6.07 Å². The minimum atomic E-state index is -3.86. The second kappa shape index (κ2) is 5.79. The lowest BCUT2D eigenvalue weighted by atomic mass is 10.3. The summed E-state index contributed by atoms with van der Waals surface area (Å²) >= 11 is 5.80. The van der Waals surface area contributed by atoms with E-state index in [2.05, 4.69) is 4.72 Å². The molecule has 2 aromatic rings. The Bertz CT molecular complexity index is 781. The number of nitrogens with one attached hydrogen (secondary N) is 1. The average Bonchev–Trinajstić information content (AvgIpc) is 2.43. The lowest BCUT2D eigenvalue weighted by Crippen LogP contribution is -2.13. The third-order valence-electron chi connectivity index (χ3n) is 2.69. The molecular weight excluding hydrogens is 319 g/mol. The number of ether oxygens (including phenoxy) is 1. The third-order valence-corrected chi connectivity index (χ3v) is 4.39. The number of benzene rings is 2. The Morgan fingerprint density at radius 3 is 2.57 bits per heavy atom. The predicted molar refractivity (Wildman–Crippen MR) is 79.6 cm³/mol. The second-order valence-electron chi connectivity index (χ2n) is 4.14. The van der Waals surface area contributed by atoms with Gasteiger partial charge in [0.05, 0.1) is 28.4 Å². The van der Waals surface area contributed by atoms with Gasteiger partial charge in [-0.25, -0.2) is 12.8 Å². The number of hydrogen-bond acceptors (Lipinski definition) is 4. The quantitative estimate of drug-likeness (QED) is 0.845. The summed E-state index contributed by atoms with van der Waals surface area (Å²) in [6, 6.07) is 7.58. The Labute approximate surface area is 126 Å². The first-order chi connectivity index (χ1) is 9.83. The molecule has 0 unspecified atom stereocenters. The van der Waals surface area contributed by atoms with Gasteiger partial charge in [-0.05, 0) is 30.3 Å². The summed E-state index contributed by atoms with van der Waals surface area (Å²) in [5.74, 6) is -0.651. The largest absolute Gasteiger partial charge is 0.494 e. The van der Waals surface area contributed by atoms with Gasteiger partial charge in [0.2, 0.25) is 0 Å². The Hall–Kier alpha value is -1.99. The summed E-state index contributed by atoms with van der Waals surface area (Å²) in [6.45, 7) is 0. The van der Waals surface area contributed by atoms with Crippen LogP contribution in [0, 0.1) is 5.82 Å². The number of methoxy groups -OCH3 is 1. The highest BCUT2D eigenvalue weighted by molar-refractivity contribution is 7.92. The van der Waals surface area contributed by atoms with Crippen molar-refractivity contribution >= 4 is 33.0 Å². The highest BCUT2D eigenvalue weighted by Crippen LogP contribution is 2.26. The first-order valence-corrected chi connectivity index (χ1v) is 7.61. The molecule has 8 heteroatoms. The fourth-order valence-electron chi connectivity index (χ4n) is 1.61. The maximum atomic E-state index is 13.3. The predicted octanol–water partition coefficient (Wildman–Crippen LogP) is 2.87. The summed E-state index contributed by atoms with van der Waals surface area (Å²) in [5, 5.41) is 0.134. The van der Waals surface area contributed by atoms with Gasteiger partial charge in [0.1, 0.15) is 0 Å². The topological polar surface area (TPSA) is 81.4 Å². The summed E-state index contributed by atoms with van der Waals surface area (Å²) in [5.41, 5.74) is 5.98. The number of nitrogen functional groups attached to an aromatic ring is 1. The van der Waals surface area contributed by atoms with Gasteiger partial charge in [0, 0.05) is 6.07 Å². The zero-order valence-electron chi connectivity index (χ0n) is 10.9. The van der Waals surface area contributed by atoms with Crippen LogP contribution in [0.5, 0.6) is 5.75 Å². The van der Waals surface area contributed by atoms with Crippen molar-refractivity contribution in [3.8, 4) is 5.75 Å². The fraction of sp³-hybridized carbons (Fsp3) is 0.0769. The van der Waals surface area contributed by atoms with Crippen molar-refractivity contribution in [1.82, 2.24) is 0 Å². The number of sulfonamides is 1. The normalized spacial score (nSPS) is 11.2. The standard InChI is InChI=1S/C13H12ClFN2O3S/c1-20-13-6-8(2-4-11(13)15)17-21(18,19)9-3-5-12(16)10(14)7-9/h2-7,17H,16H2,1H3. The van der Waals surface area contributed by atoms with E-state index in [0.29, 0.717) is 0 Å². The Balaban J connectivity index is 2.35. The van der Waals surface area contributed by atoms with E-state index in [1.54, 1.807) is 0 Å². The van der Waals surface area contributed by atoms with Gasteiger partial charge in [0.15, 0.2) is 11.6 Å². The maximum Gasteiger partial charge on any atom is 0.261 e. The lowest BCUT2D eigenvalue weighted by molar-refractivity contribution is 0.387. The Kier molecular flexibility index (Phi) is 4.24. The van der Waals surface area contributed by atoms with Crippen molar-refractivity contribution in [2.45, 2.75) is 4.90 Å². The van der Waals surface area contributed by atoms with Gasteiger partial charge in [-0.15, -0.1) is 0 Å². The minimum absolute atomic E-state index is 0.0509. The molecule has 0 heterocycles. The molecule has 2 rings (SSSR count). The first kappa shape index (κ1) is 15.4. The number of anilines is 2. The van der Waals surface area contributed by atoms with Crippen LogP contribution in [0.15, 0.2) is 41.3 Å². The van der Waals surface area contributed by atoms with E-state index in [1.165, 1.54) is 37.4 Å². The van der Waals surface area contributed by atoms with Crippen molar-refractivity contribution < 1.29 is 17.5 Å². The smallest absolute Gasteiger partial charge is 0.261 e. The molecule has 0 radical (unpaired) electrons. The van der Waals surface area contributed by atoms with Crippen LogP contribution in [-0.4, -0.2) is 15.5 Å². The van der Waals surface area contributed by atoms with E-state index in [1.807, 2.05) is 0 Å². The number of rotatable bonds is 4. The van der Waals surface area contributed by atoms with Gasteiger partial charge < -0.3 is 10.5 Å². The lowest BCUT2D eigenvalue weighted by Gasteiger charge is -2.10. The van der Waals surface area contributed by atoms with E-state index < -0.39 is 15.8 Å². The SMILES string of the molecule is COc1cc(NS(=O)(=O)c2ccc(N)c(Cl)c2)ccc1F. The van der Waals surface area contributed by atoms with Gasteiger partial charge >= 0.3 is 0 Å². The molecule has 0 aliphatic heterocycles. The first-order valence-electron chi connectivity index (χ1n) is 5.75. The van der Waals surface area contributed by atoms with E-state index in [-0.39, 0.29) is 27.0 Å². The molecule has 21 heavy (non-hydrogen) atoms. The Morgan fingerprint density at radius 1 is 1.24 bits per heavy atom. The van der Waals surface area contributed by atoms with Crippen LogP contribution in [0.2, 0.25) is 5.02 Å². The molecule has 0 spiro atoms. The van der Waals surface area contributed by atoms with E-state index in [4.69, 9.17) is 22.1 Å². The molecular formula is C13H12ClFN2O3S. The summed E-state index contributed by atoms with van der Waals surface area (Å²) in [6.07, 6.45) is 0. The summed E-state index contributed by atoms with van der Waals surface area (Å²) in [7, 11) is -2.57. The van der Waals surface area contributed by atoms with Crippen LogP contribution in [-0.2, 0) is 10.0 Å². The van der Waals surface area contributed by atoms with Gasteiger partial charge in [0.25, 0.3) is 10.0 Å². The molecule has 0 amide bonds. The molecule has 2 aromatic carbocycles. The zero-order valence-corrected chi connectivity index (χ0v) is 12.5. The zero-order chi connectivity index (χ0) is 15.6. The number of halogens is 2. The Morgan fingerprint density at radius 2 is 1.95 bits per heavy atom. The van der Waals surface area contributed by atoms with Crippen LogP contribution in [0.25, 0.3) is 0 Å². The molecule has 0 atom stereocenters. The monoisotopic (exact) mass is 330 g/mol. The fourth-order valence-corrected chi connectivity index (χ4v) is 2.93. The van der Waals surface area contributed by atoms with Gasteiger partial charge in [-0.1, -0.05) is 11.6 Å². The maximum absolute atomic E-state index is 13.3. The molecule has 5 nitrogen and oxygen atoms in total. The molecule has 0 aromatic heterocycles. The van der Waals surface area contributed by atoms with Crippen molar-refractivity contribution in [3.05, 3.63) is 47.2 Å². The van der Waals surface area contributed by atoms with Crippen LogP contribution in [0.1, 0.15) is 0 Å². The van der Waals surface area contributed by atoms with E-state index >= 15 is 0 Å². The molecule has 0 fully saturated rings. The summed E-state index contributed by atoms with van der Waals surface area (Å²) in [4.78, 5) is -0.0509. The third kappa shape index (κ3) is 3.37. The molecule has 0 aliphatic rings. The molecule has 0 bridgehead atoms. The highest BCUT2D eigenvalue weighted by Gasteiger charge is 2.16. The van der Waals surface area contributed by atoms with Crippen molar-refractivity contribution in [2.75, 3.05) is 17.6 Å². The molecule has 0 saturated carbocycles. The van der Waals surface area contributed by atoms with Crippen molar-refractivity contribution in [2.24, 2.45) is 0 Å². The second-order valence-corrected chi connectivity index (χ2v) is 6.23. The van der Waals surface area contributed by atoms with Crippen molar-refractivity contribution in [1.29, 1.82) is 0 Å². The van der Waals surface area contributed by atoms with Gasteiger partial charge in [-0.3, -0.25) is 4.72 Å². The van der Waals surface area contributed by atoms with Gasteiger partial charge in [-0.2, -0.15) is 0 Å². The number of nitrogens with two attached hydrogens (primary N) is 1. The van der Waals surface area contributed by atoms with Crippen LogP contribution >= 0.6 is 11.6 Å². The van der Waals surface area contributed by atoms with E-state index in [9.17, 15) is 12.8 Å². The molecule has 3 N–H and O–H groups in total. The van der Waals surface area contributed by atoms with Crippen LogP contribution in [0.4, 0.5) is 15.8 Å². The minimum Gasteiger partial charge on any atom is -0.494 e. The molecule has 0 saturated heterocycles. The van der Waals surface area contributed by atoms with Crippen LogP contribution in [0.3, 0.4) is 0 Å². The van der Waals surface area contributed by atoms with Crippen molar-refractivity contribution in [3.63, 3.8) is 0 Å². The average molecular weight is 331 g/mol. The number of hydrogen-bond donors (Lipinski definition) is 2.